The number of pyridine rings is 1. The van der Waals surface area contributed by atoms with Crippen LogP contribution in [0.5, 0.6) is 0 Å². The highest BCUT2D eigenvalue weighted by Crippen LogP contribution is 2.19. The first-order valence-corrected chi connectivity index (χ1v) is 6.26. The molecule has 0 amide bonds. The number of hydrogen-bond donors (Lipinski definition) is 1. The number of benzene rings is 1. The van der Waals surface area contributed by atoms with E-state index in [-0.39, 0.29) is 5.78 Å². The highest BCUT2D eigenvalue weighted by Gasteiger charge is 2.16. The fraction of sp³-hybridized carbons (Fsp3) is 0.133. The first-order valence-electron chi connectivity index (χ1n) is 6.26. The van der Waals surface area contributed by atoms with E-state index in [2.05, 4.69) is 10.1 Å². The minimum Gasteiger partial charge on any atom is -0.383 e. The van der Waals surface area contributed by atoms with Crippen LogP contribution in [0.3, 0.4) is 0 Å². The lowest BCUT2D eigenvalue weighted by molar-refractivity contribution is 0.103. The highest BCUT2D eigenvalue weighted by molar-refractivity contribution is 6.12. The monoisotopic (exact) mass is 266 g/mol. The summed E-state index contributed by atoms with van der Waals surface area (Å²) in [5.41, 5.74) is 8.68. The largest absolute Gasteiger partial charge is 0.383 e. The minimum atomic E-state index is -0.127. The quantitative estimate of drug-likeness (QED) is 0.721. The molecule has 0 saturated carbocycles. The van der Waals surface area contributed by atoms with E-state index in [1.807, 2.05) is 31.2 Å². The molecular formula is C15H14N4O. The van der Waals surface area contributed by atoms with Crippen molar-refractivity contribution in [3.05, 3.63) is 53.3 Å². The van der Waals surface area contributed by atoms with Gasteiger partial charge in [0.25, 0.3) is 0 Å². The number of rotatable bonds is 2. The maximum atomic E-state index is 12.4. The summed E-state index contributed by atoms with van der Waals surface area (Å²) in [4.78, 5) is 16.9. The fourth-order valence-corrected chi connectivity index (χ4v) is 2.15. The molecule has 0 unspecified atom stereocenters. The van der Waals surface area contributed by atoms with Crippen LogP contribution in [-0.4, -0.2) is 20.5 Å². The smallest absolute Gasteiger partial charge is 0.198 e. The standard InChI is InChI=1S/C15H14N4O/c1-9-3-4-10-7-11(5-6-13(10)18-9)14(20)12-8-17-19(2)15(12)16/h3-8H,16H2,1-2H3. The van der Waals surface area contributed by atoms with Crippen LogP contribution < -0.4 is 5.73 Å². The third-order valence-corrected chi connectivity index (χ3v) is 3.32. The lowest BCUT2D eigenvalue weighted by Crippen LogP contribution is -2.06. The van der Waals surface area contributed by atoms with Gasteiger partial charge in [0.15, 0.2) is 5.78 Å². The van der Waals surface area contributed by atoms with Crippen LogP contribution in [-0.2, 0) is 7.05 Å². The molecule has 0 bridgehead atoms. The third-order valence-electron chi connectivity index (χ3n) is 3.32. The number of aromatic nitrogens is 3. The lowest BCUT2D eigenvalue weighted by Gasteiger charge is -2.03. The molecule has 3 aromatic rings. The van der Waals surface area contributed by atoms with Crippen molar-refractivity contribution in [2.24, 2.45) is 7.05 Å². The minimum absolute atomic E-state index is 0.127. The van der Waals surface area contributed by atoms with E-state index in [4.69, 9.17) is 5.73 Å². The van der Waals surface area contributed by atoms with Crippen molar-refractivity contribution < 1.29 is 4.79 Å². The number of ketones is 1. The molecule has 20 heavy (non-hydrogen) atoms. The second-order valence-corrected chi connectivity index (χ2v) is 4.76. The van der Waals surface area contributed by atoms with Gasteiger partial charge in [-0.3, -0.25) is 14.5 Å². The van der Waals surface area contributed by atoms with Crippen molar-refractivity contribution in [2.45, 2.75) is 6.92 Å². The SMILES string of the molecule is Cc1ccc2cc(C(=O)c3cnn(C)c3N)ccc2n1. The molecule has 0 aliphatic carbocycles. The van der Waals surface area contributed by atoms with E-state index in [0.29, 0.717) is 16.9 Å². The lowest BCUT2D eigenvalue weighted by atomic mass is 10.0. The van der Waals surface area contributed by atoms with Crippen molar-refractivity contribution in [1.82, 2.24) is 14.8 Å². The molecule has 0 spiro atoms. The molecule has 5 heteroatoms. The summed E-state index contributed by atoms with van der Waals surface area (Å²) in [6.45, 7) is 1.94. The fourth-order valence-electron chi connectivity index (χ4n) is 2.15. The van der Waals surface area contributed by atoms with E-state index in [1.54, 1.807) is 13.1 Å². The normalized spacial score (nSPS) is 10.9. The maximum Gasteiger partial charge on any atom is 0.198 e. The molecule has 100 valence electrons. The van der Waals surface area contributed by atoms with E-state index >= 15 is 0 Å². The van der Waals surface area contributed by atoms with Crippen LogP contribution >= 0.6 is 0 Å². The molecule has 2 N–H and O–H groups in total. The Morgan fingerprint density at radius 3 is 2.75 bits per heavy atom. The number of anilines is 1. The zero-order valence-corrected chi connectivity index (χ0v) is 11.3. The molecule has 3 rings (SSSR count). The predicted octanol–water partition coefficient (Wildman–Crippen LogP) is 2.09. The van der Waals surface area contributed by atoms with Crippen molar-refractivity contribution in [1.29, 1.82) is 0 Å². The second kappa shape index (κ2) is 4.45. The number of nitrogens with zero attached hydrogens (tertiary/aromatic N) is 3. The molecule has 0 aliphatic rings. The number of nitrogens with two attached hydrogens (primary N) is 1. The number of aryl methyl sites for hydroxylation is 2. The number of fused-ring (bicyclic) bond motifs is 1. The second-order valence-electron chi connectivity index (χ2n) is 4.76. The van der Waals surface area contributed by atoms with Gasteiger partial charge in [0.1, 0.15) is 5.82 Å². The van der Waals surface area contributed by atoms with Crippen LogP contribution in [0.2, 0.25) is 0 Å². The Kier molecular flexibility index (Phi) is 2.75. The molecule has 0 saturated heterocycles. The first kappa shape index (κ1) is 12.3. The summed E-state index contributed by atoms with van der Waals surface area (Å²) in [6, 6.07) is 9.33. The van der Waals surface area contributed by atoms with Gasteiger partial charge < -0.3 is 5.73 Å². The van der Waals surface area contributed by atoms with Crippen molar-refractivity contribution in [2.75, 3.05) is 5.73 Å². The molecule has 0 aliphatic heterocycles. The van der Waals surface area contributed by atoms with Gasteiger partial charge in [-0.1, -0.05) is 6.07 Å². The van der Waals surface area contributed by atoms with Gasteiger partial charge in [0.2, 0.25) is 0 Å². The number of carbonyl (C=O) groups is 1. The van der Waals surface area contributed by atoms with E-state index < -0.39 is 0 Å². The molecule has 0 fully saturated rings. The van der Waals surface area contributed by atoms with Crippen LogP contribution in [0.4, 0.5) is 5.82 Å². The summed E-state index contributed by atoms with van der Waals surface area (Å²) in [5, 5.41) is 4.93. The topological polar surface area (TPSA) is 73.8 Å². The Morgan fingerprint density at radius 1 is 1.25 bits per heavy atom. The Labute approximate surface area is 116 Å². The molecule has 2 heterocycles. The summed E-state index contributed by atoms with van der Waals surface area (Å²) in [7, 11) is 1.71. The maximum absolute atomic E-state index is 12.4. The zero-order valence-electron chi connectivity index (χ0n) is 11.3. The van der Waals surface area contributed by atoms with Crippen molar-refractivity contribution in [3.63, 3.8) is 0 Å². The van der Waals surface area contributed by atoms with Gasteiger partial charge in [0.05, 0.1) is 17.3 Å². The van der Waals surface area contributed by atoms with Crippen molar-refractivity contribution >= 4 is 22.5 Å². The Hall–Kier alpha value is -2.69. The molecule has 2 aromatic heterocycles. The Bertz CT molecular complexity index is 820. The van der Waals surface area contributed by atoms with E-state index in [1.165, 1.54) is 10.9 Å². The average molecular weight is 266 g/mol. The van der Waals surface area contributed by atoms with Crippen LogP contribution in [0.25, 0.3) is 10.9 Å². The third kappa shape index (κ3) is 1.93. The van der Waals surface area contributed by atoms with Gasteiger partial charge in [-0.25, -0.2) is 0 Å². The van der Waals surface area contributed by atoms with Crippen molar-refractivity contribution in [3.8, 4) is 0 Å². The Morgan fingerprint density at radius 2 is 2.05 bits per heavy atom. The molecular weight excluding hydrogens is 252 g/mol. The van der Waals surface area contributed by atoms with E-state index in [9.17, 15) is 4.79 Å². The average Bonchev–Trinajstić information content (AvgIpc) is 2.77. The van der Waals surface area contributed by atoms with Gasteiger partial charge in [0, 0.05) is 23.7 Å². The zero-order chi connectivity index (χ0) is 14.3. The molecule has 0 radical (unpaired) electrons. The summed E-state index contributed by atoms with van der Waals surface area (Å²) in [6.07, 6.45) is 1.50. The van der Waals surface area contributed by atoms with Gasteiger partial charge in [-0.2, -0.15) is 5.10 Å². The number of hydrogen-bond acceptors (Lipinski definition) is 4. The predicted molar refractivity (Wildman–Crippen MR) is 77.5 cm³/mol. The van der Waals surface area contributed by atoms with Gasteiger partial charge >= 0.3 is 0 Å². The summed E-state index contributed by atoms with van der Waals surface area (Å²) in [5.74, 6) is 0.246. The summed E-state index contributed by atoms with van der Waals surface area (Å²) < 4.78 is 1.49. The van der Waals surface area contributed by atoms with E-state index in [0.717, 1.165) is 16.6 Å². The Balaban J connectivity index is 2.08. The van der Waals surface area contributed by atoms with Crippen LogP contribution in [0, 0.1) is 6.92 Å². The van der Waals surface area contributed by atoms with Gasteiger partial charge in [-0.05, 0) is 31.2 Å². The number of carbonyl (C=O) groups excluding carboxylic acids is 1. The summed E-state index contributed by atoms with van der Waals surface area (Å²) >= 11 is 0. The molecule has 0 atom stereocenters. The highest BCUT2D eigenvalue weighted by atomic mass is 16.1. The molecule has 5 nitrogen and oxygen atoms in total. The van der Waals surface area contributed by atoms with Gasteiger partial charge in [-0.15, -0.1) is 0 Å². The van der Waals surface area contributed by atoms with Crippen LogP contribution in [0.1, 0.15) is 21.6 Å². The van der Waals surface area contributed by atoms with Crippen LogP contribution in [0.15, 0.2) is 36.5 Å². The first-order chi connectivity index (χ1) is 9.56. The molecule has 1 aromatic carbocycles. The number of nitrogen functional groups attached to an aromatic ring is 1.